The van der Waals surface area contributed by atoms with E-state index in [9.17, 15) is 13.6 Å². The molecule has 0 saturated heterocycles. The monoisotopic (exact) mass is 301 g/mol. The van der Waals surface area contributed by atoms with Gasteiger partial charge in [0.2, 0.25) is 0 Å². The smallest absolute Gasteiger partial charge is 0.196 e. The van der Waals surface area contributed by atoms with Crippen LogP contribution in [0.4, 0.5) is 14.5 Å². The second-order valence-electron chi connectivity index (χ2n) is 3.81. The van der Waals surface area contributed by atoms with Crippen molar-refractivity contribution in [3.8, 4) is 0 Å². The Labute approximate surface area is 117 Å². The van der Waals surface area contributed by atoms with Gasteiger partial charge in [-0.2, -0.15) is 0 Å². The average Bonchev–Trinajstić information content (AvgIpc) is 2.37. The standard InChI is InChI=1S/C13H7Cl2F2NO/c14-9-3-6(4-11(18)12(9)15)13(19)8-5-7(16)1-2-10(8)17/h1-5H,18H2. The minimum atomic E-state index is -0.823. The molecule has 2 N–H and O–H groups in total. The number of hydrogen-bond acceptors (Lipinski definition) is 2. The lowest BCUT2D eigenvalue weighted by Crippen LogP contribution is -2.06. The first kappa shape index (κ1) is 13.8. The molecule has 0 aliphatic rings. The van der Waals surface area contributed by atoms with Gasteiger partial charge in [0.25, 0.3) is 0 Å². The lowest BCUT2D eigenvalue weighted by Gasteiger charge is -2.07. The van der Waals surface area contributed by atoms with E-state index in [0.29, 0.717) is 0 Å². The van der Waals surface area contributed by atoms with Crippen molar-refractivity contribution in [2.75, 3.05) is 5.73 Å². The van der Waals surface area contributed by atoms with Gasteiger partial charge in [-0.1, -0.05) is 23.2 Å². The number of ketones is 1. The van der Waals surface area contributed by atoms with Gasteiger partial charge in [0.05, 0.1) is 21.3 Å². The van der Waals surface area contributed by atoms with Gasteiger partial charge < -0.3 is 5.73 Å². The van der Waals surface area contributed by atoms with Crippen LogP contribution in [-0.2, 0) is 0 Å². The SMILES string of the molecule is Nc1cc(C(=O)c2cc(F)ccc2F)cc(Cl)c1Cl. The molecule has 0 radical (unpaired) electrons. The molecule has 0 saturated carbocycles. The predicted molar refractivity (Wildman–Crippen MR) is 70.7 cm³/mol. The minimum absolute atomic E-state index is 0.0383. The van der Waals surface area contributed by atoms with Gasteiger partial charge in [-0.15, -0.1) is 0 Å². The molecule has 2 rings (SSSR count). The van der Waals surface area contributed by atoms with Gasteiger partial charge >= 0.3 is 0 Å². The quantitative estimate of drug-likeness (QED) is 0.671. The van der Waals surface area contributed by atoms with E-state index in [0.717, 1.165) is 18.2 Å². The van der Waals surface area contributed by atoms with Crippen molar-refractivity contribution >= 4 is 34.7 Å². The van der Waals surface area contributed by atoms with Crippen molar-refractivity contribution in [3.05, 3.63) is 63.1 Å². The highest BCUT2D eigenvalue weighted by atomic mass is 35.5. The zero-order valence-corrected chi connectivity index (χ0v) is 10.9. The summed E-state index contributed by atoms with van der Waals surface area (Å²) in [7, 11) is 0. The molecule has 0 aliphatic heterocycles. The summed E-state index contributed by atoms with van der Waals surface area (Å²) in [4.78, 5) is 12.1. The van der Waals surface area contributed by atoms with Crippen molar-refractivity contribution in [1.82, 2.24) is 0 Å². The molecule has 0 amide bonds. The number of carbonyl (C=O) groups excluding carboxylic acids is 1. The molecule has 0 spiro atoms. The summed E-state index contributed by atoms with van der Waals surface area (Å²) in [5.74, 6) is -2.25. The summed E-state index contributed by atoms with van der Waals surface area (Å²) in [6, 6.07) is 5.14. The fourth-order valence-electron chi connectivity index (χ4n) is 1.57. The van der Waals surface area contributed by atoms with E-state index in [1.807, 2.05) is 0 Å². The lowest BCUT2D eigenvalue weighted by molar-refractivity contribution is 0.103. The molecule has 0 atom stereocenters. The molecule has 2 aromatic rings. The number of carbonyl (C=O) groups is 1. The van der Waals surface area contributed by atoms with Crippen molar-refractivity contribution < 1.29 is 13.6 Å². The number of nitrogen functional groups attached to an aromatic ring is 1. The van der Waals surface area contributed by atoms with E-state index < -0.39 is 23.0 Å². The first-order chi connectivity index (χ1) is 8.90. The van der Waals surface area contributed by atoms with Crippen LogP contribution in [0.3, 0.4) is 0 Å². The van der Waals surface area contributed by atoms with Gasteiger partial charge in [0, 0.05) is 5.56 Å². The molecule has 0 aromatic heterocycles. The zero-order valence-electron chi connectivity index (χ0n) is 9.38. The number of rotatable bonds is 2. The molecule has 2 nitrogen and oxygen atoms in total. The molecule has 0 unspecified atom stereocenters. The van der Waals surface area contributed by atoms with Gasteiger partial charge in [-0.05, 0) is 30.3 Å². The third-order valence-corrected chi connectivity index (χ3v) is 3.31. The van der Waals surface area contributed by atoms with E-state index >= 15 is 0 Å². The van der Waals surface area contributed by atoms with Crippen LogP contribution < -0.4 is 5.73 Å². The molecule has 6 heteroatoms. The highest BCUT2D eigenvalue weighted by molar-refractivity contribution is 6.44. The average molecular weight is 302 g/mol. The van der Waals surface area contributed by atoms with Gasteiger partial charge in [0.1, 0.15) is 11.6 Å². The van der Waals surface area contributed by atoms with Crippen LogP contribution in [-0.4, -0.2) is 5.78 Å². The molecule has 98 valence electrons. The number of nitrogens with two attached hydrogens (primary N) is 1. The third-order valence-electron chi connectivity index (χ3n) is 2.49. The topological polar surface area (TPSA) is 43.1 Å². The molecular weight excluding hydrogens is 295 g/mol. The highest BCUT2D eigenvalue weighted by Gasteiger charge is 2.17. The van der Waals surface area contributed by atoms with Gasteiger partial charge in [-0.25, -0.2) is 8.78 Å². The van der Waals surface area contributed by atoms with E-state index in [-0.39, 0.29) is 21.3 Å². The molecule has 0 fully saturated rings. The molecule has 19 heavy (non-hydrogen) atoms. The Morgan fingerprint density at radius 2 is 1.79 bits per heavy atom. The Bertz CT molecular complexity index is 651. The lowest BCUT2D eigenvalue weighted by atomic mass is 10.0. The molecule has 0 bridgehead atoms. The number of anilines is 1. The Kier molecular flexibility index (Phi) is 3.73. The molecule has 0 heterocycles. The Morgan fingerprint density at radius 3 is 2.42 bits per heavy atom. The number of hydrogen-bond donors (Lipinski definition) is 1. The van der Waals surface area contributed by atoms with E-state index in [4.69, 9.17) is 28.9 Å². The van der Waals surface area contributed by atoms with Crippen molar-refractivity contribution in [3.63, 3.8) is 0 Å². The molecule has 2 aromatic carbocycles. The van der Waals surface area contributed by atoms with Crippen LogP contribution in [0.5, 0.6) is 0 Å². The van der Waals surface area contributed by atoms with Crippen LogP contribution in [0.15, 0.2) is 30.3 Å². The Morgan fingerprint density at radius 1 is 1.11 bits per heavy atom. The van der Waals surface area contributed by atoms with E-state index in [1.165, 1.54) is 12.1 Å². The zero-order chi connectivity index (χ0) is 14.2. The fraction of sp³-hybridized carbons (Fsp3) is 0. The van der Waals surface area contributed by atoms with Crippen LogP contribution >= 0.6 is 23.2 Å². The van der Waals surface area contributed by atoms with Crippen molar-refractivity contribution in [2.24, 2.45) is 0 Å². The maximum absolute atomic E-state index is 13.5. The Hall–Kier alpha value is -1.65. The summed E-state index contributed by atoms with van der Waals surface area (Å²) < 4.78 is 26.6. The Balaban J connectivity index is 2.53. The summed E-state index contributed by atoms with van der Waals surface area (Å²) in [5, 5.41) is 0.180. The second kappa shape index (κ2) is 5.15. The van der Waals surface area contributed by atoms with Crippen LogP contribution in [0.1, 0.15) is 15.9 Å². The maximum atomic E-state index is 13.5. The highest BCUT2D eigenvalue weighted by Crippen LogP contribution is 2.30. The van der Waals surface area contributed by atoms with Crippen LogP contribution in [0.2, 0.25) is 10.0 Å². The van der Waals surface area contributed by atoms with Gasteiger partial charge in [0.15, 0.2) is 5.78 Å². The normalized spacial score (nSPS) is 10.5. The van der Waals surface area contributed by atoms with Gasteiger partial charge in [-0.3, -0.25) is 4.79 Å². The fourth-order valence-corrected chi connectivity index (χ4v) is 1.90. The first-order valence-electron chi connectivity index (χ1n) is 5.14. The number of benzene rings is 2. The van der Waals surface area contributed by atoms with E-state index in [1.54, 1.807) is 0 Å². The van der Waals surface area contributed by atoms with Crippen molar-refractivity contribution in [1.29, 1.82) is 0 Å². The maximum Gasteiger partial charge on any atom is 0.196 e. The predicted octanol–water partition coefficient (Wildman–Crippen LogP) is 4.08. The van der Waals surface area contributed by atoms with Crippen molar-refractivity contribution in [2.45, 2.75) is 0 Å². The summed E-state index contributed by atoms with van der Waals surface area (Å²) >= 11 is 11.5. The number of halogens is 4. The molecular formula is C13H7Cl2F2NO. The van der Waals surface area contributed by atoms with Crippen LogP contribution in [0, 0.1) is 11.6 Å². The largest absolute Gasteiger partial charge is 0.397 e. The molecule has 0 aliphatic carbocycles. The summed E-state index contributed by atoms with van der Waals surface area (Å²) in [5.41, 5.74) is 5.31. The third kappa shape index (κ3) is 2.69. The first-order valence-corrected chi connectivity index (χ1v) is 5.90. The minimum Gasteiger partial charge on any atom is -0.397 e. The summed E-state index contributed by atoms with van der Waals surface area (Å²) in [6.45, 7) is 0. The van der Waals surface area contributed by atoms with Crippen LogP contribution in [0.25, 0.3) is 0 Å². The second-order valence-corrected chi connectivity index (χ2v) is 4.60. The summed E-state index contributed by atoms with van der Waals surface area (Å²) in [6.07, 6.45) is 0. The van der Waals surface area contributed by atoms with E-state index in [2.05, 4.69) is 0 Å².